The van der Waals surface area contributed by atoms with Gasteiger partial charge in [0.2, 0.25) is 0 Å². The van der Waals surface area contributed by atoms with Crippen LogP contribution in [0.1, 0.15) is 34.6 Å². The van der Waals surface area contributed by atoms with Crippen molar-refractivity contribution in [3.63, 3.8) is 0 Å². The van der Waals surface area contributed by atoms with Crippen molar-refractivity contribution in [1.29, 1.82) is 0 Å². The summed E-state index contributed by atoms with van der Waals surface area (Å²) in [4.78, 5) is 25.2. The van der Waals surface area contributed by atoms with Crippen molar-refractivity contribution in [2.45, 2.75) is 56.3 Å². The number of esters is 2. The molecule has 2 fully saturated rings. The first-order valence-corrected chi connectivity index (χ1v) is 10.0. The topological polar surface area (TPSA) is 112 Å². The van der Waals surface area contributed by atoms with E-state index >= 15 is 0 Å². The molecule has 1 heterocycles. The van der Waals surface area contributed by atoms with Crippen molar-refractivity contribution in [1.82, 2.24) is 0 Å². The van der Waals surface area contributed by atoms with E-state index in [0.29, 0.717) is 0 Å². The fraction of sp³-hybridized carbons (Fsp3) is 0.391. The molecule has 0 bridgehead atoms. The lowest BCUT2D eigenvalue weighted by atomic mass is 9.84. The molecule has 2 N–H and O–H groups in total. The predicted molar refractivity (Wildman–Crippen MR) is 107 cm³/mol. The highest BCUT2D eigenvalue weighted by molar-refractivity contribution is 5.90. The molecule has 0 radical (unpaired) electrons. The standard InChI is InChI=1S/C23H24O8/c1-23(2)30-19-16(25)17(28-21(26)13-9-5-3-6-10-13)15(24)18(20(19)31-23)29-22(27)14-11-7-4-8-12-14/h3-12,15-20,24-25H,1-2H3/t15-,16+,17-,18+,19-,20+/m1/s1. The molecule has 6 atom stereocenters. The lowest BCUT2D eigenvalue weighted by molar-refractivity contribution is -0.193. The molecule has 1 aliphatic heterocycles. The van der Waals surface area contributed by atoms with E-state index < -0.39 is 54.3 Å². The summed E-state index contributed by atoms with van der Waals surface area (Å²) in [5.41, 5.74) is 0.541. The highest BCUT2D eigenvalue weighted by Crippen LogP contribution is 2.40. The Labute approximate surface area is 179 Å². The maximum Gasteiger partial charge on any atom is 0.338 e. The second-order valence-corrected chi connectivity index (χ2v) is 8.02. The smallest absolute Gasteiger partial charge is 0.338 e. The normalized spacial score (nSPS) is 31.5. The zero-order valence-electron chi connectivity index (χ0n) is 17.1. The van der Waals surface area contributed by atoms with E-state index in [-0.39, 0.29) is 11.1 Å². The molecule has 2 aliphatic rings. The molecular formula is C23H24O8. The molecule has 1 aliphatic carbocycles. The molecule has 0 spiro atoms. The molecule has 2 aromatic rings. The SMILES string of the molecule is CC1(C)O[C@@H]2[C@H](O1)[C@@H](O)[C@H](OC(=O)c1ccccc1)[C@@H](O)[C@@H]2OC(=O)c1ccccc1. The highest BCUT2D eigenvalue weighted by atomic mass is 16.8. The van der Waals surface area contributed by atoms with E-state index in [1.165, 1.54) is 0 Å². The Morgan fingerprint density at radius 3 is 1.71 bits per heavy atom. The van der Waals surface area contributed by atoms with E-state index in [1.54, 1.807) is 74.5 Å². The second-order valence-electron chi connectivity index (χ2n) is 8.02. The minimum Gasteiger partial charge on any atom is -0.453 e. The van der Waals surface area contributed by atoms with Crippen molar-refractivity contribution in [3.8, 4) is 0 Å². The number of benzene rings is 2. The van der Waals surface area contributed by atoms with Gasteiger partial charge in [0.05, 0.1) is 11.1 Å². The van der Waals surface area contributed by atoms with E-state index in [9.17, 15) is 19.8 Å². The quantitative estimate of drug-likeness (QED) is 0.708. The van der Waals surface area contributed by atoms with Crippen LogP contribution >= 0.6 is 0 Å². The number of aliphatic hydroxyl groups is 2. The summed E-state index contributed by atoms with van der Waals surface area (Å²) in [5.74, 6) is -2.50. The number of fused-ring (bicyclic) bond motifs is 1. The molecule has 31 heavy (non-hydrogen) atoms. The maximum atomic E-state index is 12.6. The lowest BCUT2D eigenvalue weighted by Gasteiger charge is -2.42. The van der Waals surface area contributed by atoms with Crippen LogP contribution in [0.4, 0.5) is 0 Å². The van der Waals surface area contributed by atoms with Crippen molar-refractivity contribution in [2.24, 2.45) is 0 Å². The number of carbonyl (C=O) groups excluding carboxylic acids is 2. The molecule has 1 saturated heterocycles. The molecule has 0 amide bonds. The molecular weight excluding hydrogens is 404 g/mol. The number of hydrogen-bond acceptors (Lipinski definition) is 8. The van der Waals surface area contributed by atoms with Crippen molar-refractivity contribution >= 4 is 11.9 Å². The van der Waals surface area contributed by atoms with Gasteiger partial charge in [-0.25, -0.2) is 9.59 Å². The molecule has 164 valence electrons. The summed E-state index contributed by atoms with van der Waals surface area (Å²) in [6, 6.07) is 16.5. The van der Waals surface area contributed by atoms with Crippen LogP contribution in [0.5, 0.6) is 0 Å². The largest absolute Gasteiger partial charge is 0.453 e. The van der Waals surface area contributed by atoms with E-state index in [0.717, 1.165) is 0 Å². The van der Waals surface area contributed by atoms with Crippen LogP contribution in [0.25, 0.3) is 0 Å². The van der Waals surface area contributed by atoms with Crippen molar-refractivity contribution < 1.29 is 38.7 Å². The number of rotatable bonds is 4. The van der Waals surface area contributed by atoms with Crippen LogP contribution in [0, 0.1) is 0 Å². The molecule has 1 saturated carbocycles. The van der Waals surface area contributed by atoms with Crippen molar-refractivity contribution in [3.05, 3.63) is 71.8 Å². The van der Waals surface area contributed by atoms with E-state index in [4.69, 9.17) is 18.9 Å². The number of aliphatic hydroxyl groups excluding tert-OH is 2. The van der Waals surface area contributed by atoms with Crippen LogP contribution < -0.4 is 0 Å². The zero-order valence-corrected chi connectivity index (χ0v) is 17.1. The molecule has 0 aromatic heterocycles. The maximum absolute atomic E-state index is 12.6. The lowest BCUT2D eigenvalue weighted by Crippen LogP contribution is -2.64. The first-order chi connectivity index (χ1) is 14.8. The third-order valence-corrected chi connectivity index (χ3v) is 5.34. The van der Waals surface area contributed by atoms with Gasteiger partial charge in [0.15, 0.2) is 18.0 Å². The molecule has 8 heteroatoms. The van der Waals surface area contributed by atoms with Gasteiger partial charge in [-0.3, -0.25) is 0 Å². The fourth-order valence-electron chi connectivity index (χ4n) is 3.91. The van der Waals surface area contributed by atoms with Crippen LogP contribution in [-0.2, 0) is 18.9 Å². The Balaban J connectivity index is 1.59. The number of ether oxygens (including phenoxy) is 4. The van der Waals surface area contributed by atoms with Crippen LogP contribution in [0.3, 0.4) is 0 Å². The van der Waals surface area contributed by atoms with Crippen LogP contribution in [0.15, 0.2) is 60.7 Å². The summed E-state index contributed by atoms with van der Waals surface area (Å²) in [6.07, 6.45) is -7.45. The van der Waals surface area contributed by atoms with Gasteiger partial charge in [-0.15, -0.1) is 0 Å². The van der Waals surface area contributed by atoms with Crippen LogP contribution in [0.2, 0.25) is 0 Å². The summed E-state index contributed by atoms with van der Waals surface area (Å²) < 4.78 is 22.6. The van der Waals surface area contributed by atoms with E-state index in [1.807, 2.05) is 0 Å². The summed E-state index contributed by atoms with van der Waals surface area (Å²) in [6.45, 7) is 3.29. The molecule has 8 nitrogen and oxygen atoms in total. The van der Waals surface area contributed by atoms with Gasteiger partial charge in [0, 0.05) is 0 Å². The average molecular weight is 428 g/mol. The Kier molecular flexibility index (Phi) is 5.81. The van der Waals surface area contributed by atoms with Crippen LogP contribution in [-0.4, -0.2) is 64.6 Å². The fourth-order valence-corrected chi connectivity index (χ4v) is 3.91. The highest BCUT2D eigenvalue weighted by Gasteiger charge is 2.60. The minimum atomic E-state index is -1.53. The van der Waals surface area contributed by atoms with Gasteiger partial charge >= 0.3 is 11.9 Å². The number of hydrogen-bond donors (Lipinski definition) is 2. The predicted octanol–water partition coefficient (Wildman–Crippen LogP) is 1.69. The molecule has 4 rings (SSSR count). The second kappa shape index (κ2) is 8.39. The zero-order chi connectivity index (χ0) is 22.2. The Hall–Kier alpha value is -2.78. The van der Waals surface area contributed by atoms with Gasteiger partial charge < -0.3 is 29.2 Å². The Bertz CT molecular complexity index is 929. The van der Waals surface area contributed by atoms with Gasteiger partial charge in [0.1, 0.15) is 24.4 Å². The third kappa shape index (κ3) is 4.33. The Morgan fingerprint density at radius 1 is 0.742 bits per heavy atom. The van der Waals surface area contributed by atoms with Gasteiger partial charge in [-0.1, -0.05) is 36.4 Å². The van der Waals surface area contributed by atoms with Gasteiger partial charge in [0.25, 0.3) is 0 Å². The summed E-state index contributed by atoms with van der Waals surface area (Å²) in [7, 11) is 0. The monoisotopic (exact) mass is 428 g/mol. The first-order valence-electron chi connectivity index (χ1n) is 10.0. The van der Waals surface area contributed by atoms with Gasteiger partial charge in [-0.2, -0.15) is 0 Å². The third-order valence-electron chi connectivity index (χ3n) is 5.34. The Morgan fingerprint density at radius 2 is 1.19 bits per heavy atom. The minimum absolute atomic E-state index is 0.255. The van der Waals surface area contributed by atoms with Crippen molar-refractivity contribution in [2.75, 3.05) is 0 Å². The summed E-state index contributed by atoms with van der Waals surface area (Å²) in [5, 5.41) is 21.8. The molecule has 0 unspecified atom stereocenters. The van der Waals surface area contributed by atoms with E-state index in [2.05, 4.69) is 0 Å². The number of carbonyl (C=O) groups is 2. The first kappa shape index (κ1) is 21.5. The van der Waals surface area contributed by atoms with Gasteiger partial charge in [-0.05, 0) is 38.1 Å². The summed E-state index contributed by atoms with van der Waals surface area (Å²) >= 11 is 0. The molecule has 2 aromatic carbocycles. The average Bonchev–Trinajstić information content (AvgIpc) is 3.10.